The number of rotatable bonds is 6. The van der Waals surface area contributed by atoms with Crippen LogP contribution in [0.15, 0.2) is 36.5 Å². The molecule has 1 amide bonds. The van der Waals surface area contributed by atoms with Crippen LogP contribution in [-0.2, 0) is 0 Å². The molecular formula is C22H30N4O. The van der Waals surface area contributed by atoms with Crippen molar-refractivity contribution in [2.24, 2.45) is 0 Å². The average molecular weight is 367 g/mol. The SMILES string of the molecule is CCC(C)NC(=O)c1cnc(-c2ccccc2)nc1N(C)C1CCCCC1. The Kier molecular flexibility index (Phi) is 6.43. The number of carbonyl (C=O) groups is 1. The number of amides is 1. The summed E-state index contributed by atoms with van der Waals surface area (Å²) in [5, 5.41) is 3.06. The van der Waals surface area contributed by atoms with E-state index < -0.39 is 0 Å². The molecule has 1 aromatic heterocycles. The summed E-state index contributed by atoms with van der Waals surface area (Å²) in [6.07, 6.45) is 8.64. The molecule has 3 rings (SSSR count). The van der Waals surface area contributed by atoms with Gasteiger partial charge >= 0.3 is 0 Å². The molecule has 1 aliphatic carbocycles. The van der Waals surface area contributed by atoms with Crippen molar-refractivity contribution in [3.63, 3.8) is 0 Å². The first kappa shape index (κ1) is 19.3. The molecule has 1 N–H and O–H groups in total. The number of nitrogens with one attached hydrogen (secondary N) is 1. The number of carbonyl (C=O) groups excluding carboxylic acids is 1. The second-order valence-corrected chi connectivity index (χ2v) is 7.48. The minimum absolute atomic E-state index is 0.0957. The Morgan fingerprint density at radius 3 is 2.59 bits per heavy atom. The molecule has 0 spiro atoms. The van der Waals surface area contributed by atoms with Crippen LogP contribution in [0.25, 0.3) is 11.4 Å². The van der Waals surface area contributed by atoms with Crippen molar-refractivity contribution < 1.29 is 4.79 Å². The number of nitrogens with zero attached hydrogens (tertiary/aromatic N) is 3. The van der Waals surface area contributed by atoms with Gasteiger partial charge in [0.2, 0.25) is 0 Å². The maximum atomic E-state index is 12.9. The fourth-order valence-corrected chi connectivity index (χ4v) is 3.57. The van der Waals surface area contributed by atoms with Crippen molar-refractivity contribution in [2.75, 3.05) is 11.9 Å². The molecule has 0 saturated heterocycles. The molecule has 0 bridgehead atoms. The van der Waals surface area contributed by atoms with E-state index in [0.29, 0.717) is 17.4 Å². The molecule has 1 unspecified atom stereocenters. The van der Waals surface area contributed by atoms with Gasteiger partial charge in [0, 0.05) is 30.9 Å². The molecule has 144 valence electrons. The Morgan fingerprint density at radius 2 is 1.93 bits per heavy atom. The van der Waals surface area contributed by atoms with Crippen LogP contribution in [-0.4, -0.2) is 35.0 Å². The highest BCUT2D eigenvalue weighted by atomic mass is 16.1. The van der Waals surface area contributed by atoms with Gasteiger partial charge in [-0.05, 0) is 26.2 Å². The van der Waals surface area contributed by atoms with Crippen LogP contribution in [0.4, 0.5) is 5.82 Å². The third kappa shape index (κ3) is 4.65. The lowest BCUT2D eigenvalue weighted by Gasteiger charge is -2.33. The molecule has 1 aliphatic rings. The molecule has 1 fully saturated rings. The van der Waals surface area contributed by atoms with Gasteiger partial charge in [0.05, 0.1) is 0 Å². The summed E-state index contributed by atoms with van der Waals surface area (Å²) in [5.74, 6) is 1.30. The van der Waals surface area contributed by atoms with Crippen LogP contribution >= 0.6 is 0 Å². The van der Waals surface area contributed by atoms with E-state index in [1.807, 2.05) is 37.3 Å². The first-order valence-electron chi connectivity index (χ1n) is 10.1. The van der Waals surface area contributed by atoms with Crippen LogP contribution < -0.4 is 10.2 Å². The molecule has 0 aliphatic heterocycles. The Bertz CT molecular complexity index is 756. The van der Waals surface area contributed by atoms with Crippen molar-refractivity contribution in [3.8, 4) is 11.4 Å². The maximum Gasteiger partial charge on any atom is 0.256 e. The molecular weight excluding hydrogens is 336 g/mol. The summed E-state index contributed by atoms with van der Waals surface area (Å²) >= 11 is 0. The van der Waals surface area contributed by atoms with Gasteiger partial charge in [0.15, 0.2) is 5.82 Å². The molecule has 5 heteroatoms. The second-order valence-electron chi connectivity index (χ2n) is 7.48. The maximum absolute atomic E-state index is 12.9. The summed E-state index contributed by atoms with van der Waals surface area (Å²) < 4.78 is 0. The lowest BCUT2D eigenvalue weighted by Crippen LogP contribution is -2.38. The van der Waals surface area contributed by atoms with Gasteiger partial charge in [0.1, 0.15) is 11.4 Å². The van der Waals surface area contributed by atoms with E-state index in [4.69, 9.17) is 4.98 Å². The summed E-state index contributed by atoms with van der Waals surface area (Å²) in [5.41, 5.74) is 1.52. The largest absolute Gasteiger partial charge is 0.356 e. The minimum atomic E-state index is -0.0957. The van der Waals surface area contributed by atoms with Crippen LogP contribution in [0.5, 0.6) is 0 Å². The van der Waals surface area contributed by atoms with Gasteiger partial charge in [0.25, 0.3) is 5.91 Å². The zero-order valence-corrected chi connectivity index (χ0v) is 16.6. The first-order chi connectivity index (χ1) is 13.1. The molecule has 1 heterocycles. The van der Waals surface area contributed by atoms with E-state index in [-0.39, 0.29) is 11.9 Å². The summed E-state index contributed by atoms with van der Waals surface area (Å²) in [4.78, 5) is 24.4. The van der Waals surface area contributed by atoms with Gasteiger partial charge in [-0.25, -0.2) is 9.97 Å². The number of hydrogen-bond acceptors (Lipinski definition) is 4. The number of anilines is 1. The average Bonchev–Trinajstić information content (AvgIpc) is 2.73. The number of aromatic nitrogens is 2. The fraction of sp³-hybridized carbons (Fsp3) is 0.500. The number of benzene rings is 1. The molecule has 27 heavy (non-hydrogen) atoms. The van der Waals surface area contributed by atoms with Crippen molar-refractivity contribution in [2.45, 2.75) is 64.5 Å². The summed E-state index contributed by atoms with van der Waals surface area (Å²) in [6, 6.07) is 10.5. The Morgan fingerprint density at radius 1 is 1.22 bits per heavy atom. The van der Waals surface area contributed by atoms with E-state index >= 15 is 0 Å². The van der Waals surface area contributed by atoms with Crippen molar-refractivity contribution >= 4 is 11.7 Å². The lowest BCUT2D eigenvalue weighted by molar-refractivity contribution is 0.0939. The highest BCUT2D eigenvalue weighted by molar-refractivity contribution is 5.99. The minimum Gasteiger partial charge on any atom is -0.356 e. The monoisotopic (exact) mass is 366 g/mol. The first-order valence-corrected chi connectivity index (χ1v) is 10.1. The van der Waals surface area contributed by atoms with Crippen molar-refractivity contribution in [1.82, 2.24) is 15.3 Å². The van der Waals surface area contributed by atoms with Gasteiger partial charge in [-0.1, -0.05) is 56.5 Å². The predicted molar refractivity (Wildman–Crippen MR) is 110 cm³/mol. The van der Waals surface area contributed by atoms with Gasteiger partial charge < -0.3 is 10.2 Å². The standard InChI is InChI=1S/C22H30N4O/c1-4-16(2)24-22(27)19-15-23-20(17-11-7-5-8-12-17)25-21(19)26(3)18-13-9-6-10-14-18/h5,7-8,11-12,15-16,18H,4,6,9-10,13-14H2,1-3H3,(H,24,27). The summed E-state index contributed by atoms with van der Waals surface area (Å²) in [7, 11) is 2.06. The van der Waals surface area contributed by atoms with Crippen molar-refractivity contribution in [3.05, 3.63) is 42.1 Å². The lowest BCUT2D eigenvalue weighted by atomic mass is 9.94. The molecule has 2 aromatic rings. The van der Waals surface area contributed by atoms with Crippen LogP contribution in [0, 0.1) is 0 Å². The molecule has 1 saturated carbocycles. The third-order valence-corrected chi connectivity index (χ3v) is 5.49. The van der Waals surface area contributed by atoms with Gasteiger partial charge in [-0.2, -0.15) is 0 Å². The second kappa shape index (κ2) is 8.98. The zero-order chi connectivity index (χ0) is 19.2. The van der Waals surface area contributed by atoms with Crippen LogP contribution in [0.2, 0.25) is 0 Å². The fourth-order valence-electron chi connectivity index (χ4n) is 3.57. The Hall–Kier alpha value is -2.43. The molecule has 0 radical (unpaired) electrons. The quantitative estimate of drug-likeness (QED) is 0.821. The Balaban J connectivity index is 1.97. The van der Waals surface area contributed by atoms with E-state index in [2.05, 4.69) is 29.2 Å². The van der Waals surface area contributed by atoms with E-state index in [0.717, 1.165) is 30.6 Å². The van der Waals surface area contributed by atoms with Crippen LogP contribution in [0.3, 0.4) is 0 Å². The molecule has 1 aromatic carbocycles. The zero-order valence-electron chi connectivity index (χ0n) is 16.6. The molecule has 1 atom stereocenters. The normalized spacial score (nSPS) is 16.0. The molecule has 5 nitrogen and oxygen atoms in total. The smallest absolute Gasteiger partial charge is 0.256 e. The van der Waals surface area contributed by atoms with E-state index in [1.54, 1.807) is 6.20 Å². The highest BCUT2D eigenvalue weighted by Gasteiger charge is 2.25. The van der Waals surface area contributed by atoms with Gasteiger partial charge in [-0.3, -0.25) is 4.79 Å². The van der Waals surface area contributed by atoms with Crippen molar-refractivity contribution in [1.29, 1.82) is 0 Å². The van der Waals surface area contributed by atoms with Gasteiger partial charge in [-0.15, -0.1) is 0 Å². The van der Waals surface area contributed by atoms with Crippen LogP contribution in [0.1, 0.15) is 62.7 Å². The highest BCUT2D eigenvalue weighted by Crippen LogP contribution is 2.28. The predicted octanol–water partition coefficient (Wildman–Crippen LogP) is 4.44. The number of hydrogen-bond donors (Lipinski definition) is 1. The van der Waals surface area contributed by atoms with E-state index in [9.17, 15) is 4.79 Å². The summed E-state index contributed by atoms with van der Waals surface area (Å²) in [6.45, 7) is 4.08. The third-order valence-electron chi connectivity index (χ3n) is 5.49. The topological polar surface area (TPSA) is 58.1 Å². The van der Waals surface area contributed by atoms with E-state index in [1.165, 1.54) is 19.3 Å². The Labute approximate surface area is 162 Å².